The highest BCUT2D eigenvalue weighted by molar-refractivity contribution is 9.10. The van der Waals surface area contributed by atoms with E-state index in [1.165, 1.54) is 25.3 Å². The number of benzene rings is 2. The van der Waals surface area contributed by atoms with Gasteiger partial charge < -0.3 is 24.7 Å². The van der Waals surface area contributed by atoms with Gasteiger partial charge in [-0.25, -0.2) is 0 Å². The number of carbonyl (C=O) groups excluding carboxylic acids is 2. The molecule has 2 aromatic carbocycles. The van der Waals surface area contributed by atoms with Crippen molar-refractivity contribution in [2.75, 3.05) is 19.0 Å². The number of amides is 1. The fourth-order valence-corrected chi connectivity index (χ4v) is 2.68. The summed E-state index contributed by atoms with van der Waals surface area (Å²) in [6.45, 7) is -0.704. The van der Waals surface area contributed by atoms with Crippen LogP contribution in [0.4, 0.5) is 5.69 Å². The second kappa shape index (κ2) is 9.78. The minimum absolute atomic E-state index is 0.0170. The summed E-state index contributed by atoms with van der Waals surface area (Å²) in [5.41, 5.74) is 0.755. The molecule has 0 aliphatic carbocycles. The average molecular weight is 465 g/mol. The highest BCUT2D eigenvalue weighted by Gasteiger charge is 2.14. The first-order chi connectivity index (χ1) is 13.3. The molecular weight excluding hydrogens is 452 g/mol. The van der Waals surface area contributed by atoms with E-state index in [4.69, 9.17) is 21.1 Å². The molecule has 0 heterocycles. The quantitative estimate of drug-likeness (QED) is 0.498. The number of nitrogens with zero attached hydrogens (tertiary/aromatic N) is 1. The molecule has 0 unspecified atom stereocenters. The average Bonchev–Trinajstić information content (AvgIpc) is 2.66. The van der Waals surface area contributed by atoms with Gasteiger partial charge in [0.05, 0.1) is 18.1 Å². The van der Waals surface area contributed by atoms with Crippen LogP contribution in [-0.2, 0) is 9.59 Å². The van der Waals surface area contributed by atoms with E-state index in [0.717, 1.165) is 4.47 Å². The van der Waals surface area contributed by atoms with Crippen molar-refractivity contribution in [1.82, 2.24) is 0 Å². The number of methoxy groups -OCH3 is 1. The van der Waals surface area contributed by atoms with Crippen LogP contribution >= 0.6 is 27.5 Å². The molecule has 144 valence electrons. The predicted molar refractivity (Wildman–Crippen MR) is 105 cm³/mol. The lowest BCUT2D eigenvalue weighted by atomic mass is 10.1. The number of ether oxygens (including phenoxy) is 2. The van der Waals surface area contributed by atoms with Crippen molar-refractivity contribution >= 4 is 51.2 Å². The van der Waals surface area contributed by atoms with Gasteiger partial charge in [-0.3, -0.25) is 4.79 Å². The molecule has 0 aliphatic heterocycles. The molecule has 0 radical (unpaired) electrons. The summed E-state index contributed by atoms with van der Waals surface area (Å²) in [6, 6.07) is 11.6. The van der Waals surface area contributed by atoms with Gasteiger partial charge in [0.25, 0.3) is 5.91 Å². The topological polar surface area (TPSA) is 111 Å². The fourth-order valence-electron chi connectivity index (χ4n) is 2.14. The zero-order chi connectivity index (χ0) is 20.7. The zero-order valence-corrected chi connectivity index (χ0v) is 16.8. The smallest absolute Gasteiger partial charge is 0.266 e. The van der Waals surface area contributed by atoms with Gasteiger partial charge >= 0.3 is 0 Å². The summed E-state index contributed by atoms with van der Waals surface area (Å²) in [5, 5.41) is 22.6. The number of carbonyl (C=O) groups is 2. The van der Waals surface area contributed by atoms with Crippen LogP contribution in [-0.4, -0.2) is 25.6 Å². The molecule has 7 nitrogen and oxygen atoms in total. The van der Waals surface area contributed by atoms with Crippen LogP contribution in [0.3, 0.4) is 0 Å². The number of hydrogen-bond acceptors (Lipinski definition) is 6. The summed E-state index contributed by atoms with van der Waals surface area (Å²) in [7, 11) is 1.34. The van der Waals surface area contributed by atoms with E-state index >= 15 is 0 Å². The van der Waals surface area contributed by atoms with Gasteiger partial charge in [-0.15, -0.1) is 0 Å². The molecule has 0 saturated heterocycles. The zero-order valence-electron chi connectivity index (χ0n) is 14.5. The van der Waals surface area contributed by atoms with Crippen LogP contribution in [0.25, 0.3) is 6.08 Å². The van der Waals surface area contributed by atoms with Gasteiger partial charge in [0.15, 0.2) is 11.5 Å². The van der Waals surface area contributed by atoms with Gasteiger partial charge in [0, 0.05) is 10.2 Å². The summed E-state index contributed by atoms with van der Waals surface area (Å²) in [5.74, 6) is -1.86. The van der Waals surface area contributed by atoms with Gasteiger partial charge in [-0.2, -0.15) is 5.26 Å². The molecule has 0 spiro atoms. The van der Waals surface area contributed by atoms with E-state index in [0.29, 0.717) is 11.3 Å². The maximum atomic E-state index is 12.3. The van der Waals surface area contributed by atoms with Crippen LogP contribution in [0.1, 0.15) is 5.56 Å². The number of nitriles is 1. The Morgan fingerprint density at radius 3 is 2.57 bits per heavy atom. The number of aliphatic carboxylic acids is 1. The largest absolute Gasteiger partial charge is 0.546 e. The first kappa shape index (κ1) is 21.3. The molecule has 0 aliphatic rings. The number of halogens is 2. The van der Waals surface area contributed by atoms with Gasteiger partial charge in [-0.05, 0) is 48.0 Å². The molecule has 1 amide bonds. The Balaban J connectivity index is 2.28. The summed E-state index contributed by atoms with van der Waals surface area (Å²) in [6.07, 6.45) is 1.32. The van der Waals surface area contributed by atoms with Crippen LogP contribution in [0.5, 0.6) is 11.5 Å². The van der Waals surface area contributed by atoms with E-state index in [-0.39, 0.29) is 22.1 Å². The molecule has 9 heteroatoms. The Morgan fingerprint density at radius 1 is 1.32 bits per heavy atom. The van der Waals surface area contributed by atoms with Crippen molar-refractivity contribution < 1.29 is 24.2 Å². The molecule has 2 rings (SSSR count). The van der Waals surface area contributed by atoms with Crippen molar-refractivity contribution in [2.45, 2.75) is 0 Å². The van der Waals surface area contributed by atoms with Crippen LogP contribution < -0.4 is 19.9 Å². The maximum Gasteiger partial charge on any atom is 0.266 e. The minimum atomic E-state index is -1.42. The molecule has 0 aromatic heterocycles. The Morgan fingerprint density at radius 2 is 2.00 bits per heavy atom. The Hall–Kier alpha value is -3.02. The third-order valence-corrected chi connectivity index (χ3v) is 4.17. The summed E-state index contributed by atoms with van der Waals surface area (Å²) < 4.78 is 11.0. The highest BCUT2D eigenvalue weighted by atomic mass is 79.9. The Kier molecular flexibility index (Phi) is 7.44. The minimum Gasteiger partial charge on any atom is -0.546 e. The van der Waals surface area contributed by atoms with Crippen LogP contribution in [0.15, 0.2) is 46.4 Å². The van der Waals surface area contributed by atoms with Crippen LogP contribution in [0, 0.1) is 11.3 Å². The molecule has 28 heavy (non-hydrogen) atoms. The number of carboxylic acid groups (broad SMARTS) is 1. The first-order valence-corrected chi connectivity index (χ1v) is 8.90. The molecule has 0 saturated carbocycles. The van der Waals surface area contributed by atoms with Crippen molar-refractivity contribution in [3.8, 4) is 17.6 Å². The van der Waals surface area contributed by atoms with Crippen molar-refractivity contribution in [3.05, 3.63) is 57.0 Å². The van der Waals surface area contributed by atoms with E-state index in [2.05, 4.69) is 21.2 Å². The molecular formula is C19H13BrClN2O5-. The van der Waals surface area contributed by atoms with Crippen molar-refractivity contribution in [3.63, 3.8) is 0 Å². The normalized spacial score (nSPS) is 10.7. The lowest BCUT2D eigenvalue weighted by Crippen LogP contribution is -2.29. The maximum absolute atomic E-state index is 12.3. The number of hydrogen-bond donors (Lipinski definition) is 1. The van der Waals surface area contributed by atoms with E-state index in [1.807, 2.05) is 6.07 Å². The molecule has 0 fully saturated rings. The monoisotopic (exact) mass is 463 g/mol. The third kappa shape index (κ3) is 5.74. The van der Waals surface area contributed by atoms with Gasteiger partial charge in [0.2, 0.25) is 0 Å². The molecule has 1 N–H and O–H groups in total. The predicted octanol–water partition coefficient (Wildman–Crippen LogP) is 2.79. The number of anilines is 1. The van der Waals surface area contributed by atoms with E-state index in [1.54, 1.807) is 24.3 Å². The first-order valence-electron chi connectivity index (χ1n) is 7.73. The van der Waals surface area contributed by atoms with Crippen molar-refractivity contribution in [1.29, 1.82) is 5.26 Å². The summed E-state index contributed by atoms with van der Waals surface area (Å²) >= 11 is 9.41. The number of nitrogens with one attached hydrogen (secondary N) is 1. The lowest BCUT2D eigenvalue weighted by molar-refractivity contribution is -0.307. The van der Waals surface area contributed by atoms with Gasteiger partial charge in [0.1, 0.15) is 18.2 Å². The highest BCUT2D eigenvalue weighted by Crippen LogP contribution is 2.37. The van der Waals surface area contributed by atoms with Crippen molar-refractivity contribution in [2.24, 2.45) is 0 Å². The molecule has 0 atom stereocenters. The van der Waals surface area contributed by atoms with Gasteiger partial charge in [-0.1, -0.05) is 27.5 Å². The second-order valence-corrected chi connectivity index (χ2v) is 6.65. The number of carboxylic acids is 1. The standard InChI is InChI=1S/C19H14BrClN2O5/c1-27-16-8-11(7-15(21)18(16)28-10-17(24)25)6-12(9-22)19(26)23-14-4-2-13(20)3-5-14/h2-8H,10H2,1H3,(H,23,26)(H,24,25)/p-1/b12-6+. The van der Waals surface area contributed by atoms with E-state index in [9.17, 15) is 20.0 Å². The Labute approximate surface area is 174 Å². The SMILES string of the molecule is COc1cc(/C=C(\C#N)C(=O)Nc2ccc(Br)cc2)cc(Cl)c1OCC(=O)[O-]. The van der Waals surface area contributed by atoms with Crippen LogP contribution in [0.2, 0.25) is 5.02 Å². The summed E-state index contributed by atoms with van der Waals surface area (Å²) in [4.78, 5) is 22.9. The number of rotatable bonds is 7. The fraction of sp³-hybridized carbons (Fsp3) is 0.105. The molecule has 0 bridgehead atoms. The molecule has 2 aromatic rings. The third-order valence-electron chi connectivity index (χ3n) is 3.36. The van der Waals surface area contributed by atoms with E-state index < -0.39 is 18.5 Å². The Bertz CT molecular complexity index is 968. The second-order valence-electron chi connectivity index (χ2n) is 5.33. The lowest BCUT2D eigenvalue weighted by Gasteiger charge is -2.13.